The molecule has 1 heterocycles. The lowest BCUT2D eigenvalue weighted by Crippen LogP contribution is -2.68. The molecule has 3 atom stereocenters. The number of methoxy groups -OCH3 is 2. The fraction of sp³-hybridized carbons (Fsp3) is 0.429. The summed E-state index contributed by atoms with van der Waals surface area (Å²) < 4.78 is 9.76. The van der Waals surface area contributed by atoms with Gasteiger partial charge in [0.25, 0.3) is 0 Å². The number of amides is 1. The van der Waals surface area contributed by atoms with E-state index in [0.29, 0.717) is 11.4 Å². The maximum absolute atomic E-state index is 12.1. The summed E-state index contributed by atoms with van der Waals surface area (Å²) >= 11 is 0. The van der Waals surface area contributed by atoms with Gasteiger partial charge in [-0.05, 0) is 31.2 Å². The molecule has 2 rings (SSSR count). The molecule has 0 aromatic heterocycles. The third-order valence-electron chi connectivity index (χ3n) is 3.45. The SMILES string of the molecule is COC(=O)[C@H]1[C@@H]([C@@H](C)O)C(=O)N1c1ccc(OC)cc1. The van der Waals surface area contributed by atoms with Crippen molar-refractivity contribution in [2.75, 3.05) is 19.1 Å². The number of nitrogens with zero attached hydrogens (tertiary/aromatic N) is 1. The first-order valence-corrected chi connectivity index (χ1v) is 6.24. The smallest absolute Gasteiger partial charge is 0.329 e. The van der Waals surface area contributed by atoms with Gasteiger partial charge in [0.15, 0.2) is 0 Å². The minimum Gasteiger partial charge on any atom is -0.497 e. The molecule has 1 aliphatic rings. The van der Waals surface area contributed by atoms with E-state index >= 15 is 0 Å². The second kappa shape index (κ2) is 5.50. The predicted molar refractivity (Wildman–Crippen MR) is 71.5 cm³/mol. The summed E-state index contributed by atoms with van der Waals surface area (Å²) in [5.41, 5.74) is 0.572. The summed E-state index contributed by atoms with van der Waals surface area (Å²) in [7, 11) is 2.81. The van der Waals surface area contributed by atoms with Crippen LogP contribution in [-0.4, -0.2) is 43.3 Å². The van der Waals surface area contributed by atoms with Crippen LogP contribution in [0.4, 0.5) is 5.69 Å². The maximum atomic E-state index is 12.1. The fourth-order valence-electron chi connectivity index (χ4n) is 2.38. The lowest BCUT2D eigenvalue weighted by molar-refractivity contribution is -0.155. The first-order chi connectivity index (χ1) is 9.51. The quantitative estimate of drug-likeness (QED) is 0.644. The van der Waals surface area contributed by atoms with Crippen LogP contribution < -0.4 is 9.64 Å². The lowest BCUT2D eigenvalue weighted by atomic mass is 9.82. The van der Waals surface area contributed by atoms with Gasteiger partial charge in [-0.2, -0.15) is 0 Å². The summed E-state index contributed by atoms with van der Waals surface area (Å²) in [4.78, 5) is 25.3. The predicted octanol–water partition coefficient (Wildman–Crippen LogP) is 0.580. The van der Waals surface area contributed by atoms with Gasteiger partial charge in [0.2, 0.25) is 5.91 Å². The zero-order valence-electron chi connectivity index (χ0n) is 11.6. The molecule has 0 spiro atoms. The summed E-state index contributed by atoms with van der Waals surface area (Å²) in [6, 6.07) is 5.98. The number of carbonyl (C=O) groups excluding carboxylic acids is 2. The van der Waals surface area contributed by atoms with Gasteiger partial charge in [-0.3, -0.25) is 9.69 Å². The number of anilines is 1. The van der Waals surface area contributed by atoms with Crippen LogP contribution in [0.3, 0.4) is 0 Å². The largest absolute Gasteiger partial charge is 0.497 e. The molecule has 20 heavy (non-hydrogen) atoms. The van der Waals surface area contributed by atoms with Crippen LogP contribution in [0.2, 0.25) is 0 Å². The van der Waals surface area contributed by atoms with Gasteiger partial charge in [0, 0.05) is 5.69 Å². The number of rotatable bonds is 4. The first kappa shape index (κ1) is 14.3. The summed E-state index contributed by atoms with van der Waals surface area (Å²) in [6.45, 7) is 1.49. The molecule has 1 N–H and O–H groups in total. The van der Waals surface area contributed by atoms with E-state index in [2.05, 4.69) is 0 Å². The Morgan fingerprint density at radius 3 is 2.35 bits per heavy atom. The summed E-state index contributed by atoms with van der Waals surface area (Å²) in [6.07, 6.45) is -0.902. The Balaban J connectivity index is 2.29. The molecule has 108 valence electrons. The number of esters is 1. The number of carbonyl (C=O) groups is 2. The van der Waals surface area contributed by atoms with E-state index in [4.69, 9.17) is 9.47 Å². The molecule has 0 aliphatic carbocycles. The average molecular weight is 279 g/mol. The molecule has 1 saturated heterocycles. The van der Waals surface area contributed by atoms with Crippen molar-refractivity contribution < 1.29 is 24.2 Å². The second-order valence-corrected chi connectivity index (χ2v) is 4.64. The number of β-lactam (4-membered cyclic amide) rings is 1. The molecule has 0 saturated carbocycles. The minimum absolute atomic E-state index is 0.291. The third-order valence-corrected chi connectivity index (χ3v) is 3.45. The minimum atomic E-state index is -0.902. The van der Waals surface area contributed by atoms with Crippen molar-refractivity contribution in [1.82, 2.24) is 0 Å². The Hall–Kier alpha value is -2.08. The number of benzene rings is 1. The van der Waals surface area contributed by atoms with E-state index in [-0.39, 0.29) is 5.91 Å². The zero-order chi connectivity index (χ0) is 14.9. The average Bonchev–Trinajstić information content (AvgIpc) is 2.44. The normalized spacial score (nSPS) is 23.0. The molecule has 0 radical (unpaired) electrons. The summed E-state index contributed by atoms with van der Waals surface area (Å²) in [5.74, 6) is -0.931. The van der Waals surface area contributed by atoms with E-state index in [1.165, 1.54) is 18.9 Å². The van der Waals surface area contributed by atoms with Gasteiger partial charge in [-0.1, -0.05) is 0 Å². The van der Waals surface area contributed by atoms with Crippen LogP contribution >= 0.6 is 0 Å². The van der Waals surface area contributed by atoms with Crippen molar-refractivity contribution in [3.63, 3.8) is 0 Å². The highest BCUT2D eigenvalue weighted by molar-refractivity contribution is 6.11. The monoisotopic (exact) mass is 279 g/mol. The van der Waals surface area contributed by atoms with Gasteiger partial charge < -0.3 is 14.6 Å². The zero-order valence-corrected chi connectivity index (χ0v) is 11.6. The Labute approximate surface area is 116 Å². The molecule has 1 aromatic carbocycles. The third kappa shape index (κ3) is 2.22. The Morgan fingerprint density at radius 1 is 1.30 bits per heavy atom. The van der Waals surface area contributed by atoms with E-state index in [9.17, 15) is 14.7 Å². The van der Waals surface area contributed by atoms with Gasteiger partial charge >= 0.3 is 5.97 Å². The summed E-state index contributed by atoms with van der Waals surface area (Å²) in [5, 5.41) is 9.63. The molecule has 1 aromatic rings. The topological polar surface area (TPSA) is 76.1 Å². The highest BCUT2D eigenvalue weighted by Crippen LogP contribution is 2.36. The standard InChI is InChI=1S/C14H17NO5/c1-8(16)11-12(14(18)20-3)15(13(11)17)9-4-6-10(19-2)7-5-9/h4-8,11-12,16H,1-3H3/t8-,11-,12-/m1/s1. The molecule has 0 bridgehead atoms. The Kier molecular flexibility index (Phi) is 3.94. The van der Waals surface area contributed by atoms with E-state index in [1.54, 1.807) is 31.4 Å². The van der Waals surface area contributed by atoms with E-state index < -0.39 is 24.0 Å². The van der Waals surface area contributed by atoms with Crippen molar-refractivity contribution >= 4 is 17.6 Å². The number of aliphatic hydroxyl groups excluding tert-OH is 1. The van der Waals surface area contributed by atoms with Gasteiger partial charge in [-0.15, -0.1) is 0 Å². The van der Waals surface area contributed by atoms with Crippen LogP contribution in [0.1, 0.15) is 6.92 Å². The van der Waals surface area contributed by atoms with Gasteiger partial charge in [-0.25, -0.2) is 4.79 Å². The van der Waals surface area contributed by atoms with Gasteiger partial charge in [0.1, 0.15) is 11.8 Å². The molecule has 1 amide bonds. The van der Waals surface area contributed by atoms with Crippen molar-refractivity contribution in [3.8, 4) is 5.75 Å². The van der Waals surface area contributed by atoms with Crippen molar-refractivity contribution in [3.05, 3.63) is 24.3 Å². The van der Waals surface area contributed by atoms with Crippen molar-refractivity contribution in [2.45, 2.75) is 19.1 Å². The van der Waals surface area contributed by atoms with Crippen LogP contribution in [0.5, 0.6) is 5.75 Å². The highest BCUT2D eigenvalue weighted by atomic mass is 16.5. The molecule has 1 fully saturated rings. The Bertz CT molecular complexity index is 511. The molecule has 6 nitrogen and oxygen atoms in total. The first-order valence-electron chi connectivity index (χ1n) is 6.24. The van der Waals surface area contributed by atoms with Crippen LogP contribution in [0.15, 0.2) is 24.3 Å². The lowest BCUT2D eigenvalue weighted by Gasteiger charge is -2.46. The van der Waals surface area contributed by atoms with E-state index in [0.717, 1.165) is 0 Å². The number of hydrogen-bond donors (Lipinski definition) is 1. The fourth-order valence-corrected chi connectivity index (χ4v) is 2.38. The molecule has 6 heteroatoms. The number of ether oxygens (including phenoxy) is 2. The van der Waals surface area contributed by atoms with E-state index in [1.807, 2.05) is 0 Å². The number of hydrogen-bond acceptors (Lipinski definition) is 5. The number of aliphatic hydroxyl groups is 1. The maximum Gasteiger partial charge on any atom is 0.329 e. The Morgan fingerprint density at radius 2 is 1.90 bits per heavy atom. The van der Waals surface area contributed by atoms with Crippen LogP contribution in [-0.2, 0) is 14.3 Å². The van der Waals surface area contributed by atoms with Crippen molar-refractivity contribution in [1.29, 1.82) is 0 Å². The molecule has 0 unspecified atom stereocenters. The highest BCUT2D eigenvalue weighted by Gasteiger charge is 2.54. The molecular formula is C14H17NO5. The van der Waals surface area contributed by atoms with Crippen molar-refractivity contribution in [2.24, 2.45) is 5.92 Å². The van der Waals surface area contributed by atoms with Crippen LogP contribution in [0, 0.1) is 5.92 Å². The molecule has 1 aliphatic heterocycles. The molecular weight excluding hydrogens is 262 g/mol. The van der Waals surface area contributed by atoms with Gasteiger partial charge in [0.05, 0.1) is 26.2 Å². The second-order valence-electron chi connectivity index (χ2n) is 4.64. The van der Waals surface area contributed by atoms with Crippen LogP contribution in [0.25, 0.3) is 0 Å².